The lowest BCUT2D eigenvalue weighted by molar-refractivity contribution is 0.0343. The molecule has 7 nitrogen and oxygen atoms in total. The van der Waals surface area contributed by atoms with E-state index in [4.69, 9.17) is 10.5 Å². The molecule has 0 radical (unpaired) electrons. The van der Waals surface area contributed by atoms with Crippen LogP contribution in [0.3, 0.4) is 0 Å². The number of hydrogen-bond acceptors (Lipinski definition) is 6. The third-order valence-corrected chi connectivity index (χ3v) is 6.77. The number of methoxy groups -OCH3 is 1. The van der Waals surface area contributed by atoms with Gasteiger partial charge < -0.3 is 10.5 Å². The zero-order valence-corrected chi connectivity index (χ0v) is 13.6. The minimum atomic E-state index is -3.24. The quantitative estimate of drug-likeness (QED) is 0.822. The molecule has 22 heavy (non-hydrogen) atoms. The molecule has 2 aliphatic rings. The number of sulfonamides is 1. The molecular formula is C14H22N4O3S. The average molecular weight is 326 g/mol. The fourth-order valence-corrected chi connectivity index (χ4v) is 5.40. The maximum Gasteiger partial charge on any atom is 0.220 e. The van der Waals surface area contributed by atoms with Crippen LogP contribution in [0.15, 0.2) is 12.3 Å². The number of nitrogens with two attached hydrogens (primary N) is 1. The first kappa shape index (κ1) is 15.6. The third-order valence-electron chi connectivity index (χ3n) is 4.71. The summed E-state index contributed by atoms with van der Waals surface area (Å²) in [6, 6.07) is 1.79. The van der Waals surface area contributed by atoms with Crippen molar-refractivity contribution in [1.82, 2.24) is 14.3 Å². The van der Waals surface area contributed by atoms with Crippen LogP contribution in [0.4, 0.5) is 5.95 Å². The van der Waals surface area contributed by atoms with Crippen LogP contribution < -0.4 is 5.73 Å². The van der Waals surface area contributed by atoms with Crippen molar-refractivity contribution in [3.05, 3.63) is 18.0 Å². The van der Waals surface area contributed by atoms with E-state index in [-0.39, 0.29) is 23.0 Å². The highest BCUT2D eigenvalue weighted by Crippen LogP contribution is 2.43. The van der Waals surface area contributed by atoms with E-state index in [0.717, 1.165) is 25.0 Å². The summed E-state index contributed by atoms with van der Waals surface area (Å²) in [6.07, 6.45) is 4.55. The lowest BCUT2D eigenvalue weighted by Gasteiger charge is -2.44. The Balaban J connectivity index is 1.61. The van der Waals surface area contributed by atoms with Crippen molar-refractivity contribution >= 4 is 16.0 Å². The summed E-state index contributed by atoms with van der Waals surface area (Å²) in [5, 5.41) is 0. The van der Waals surface area contributed by atoms with Gasteiger partial charge in [-0.3, -0.25) is 0 Å². The Morgan fingerprint density at radius 3 is 2.73 bits per heavy atom. The van der Waals surface area contributed by atoms with Crippen LogP contribution in [0.5, 0.6) is 0 Å². The van der Waals surface area contributed by atoms with E-state index >= 15 is 0 Å². The molecular weight excluding hydrogens is 304 g/mol. The van der Waals surface area contributed by atoms with Crippen LogP contribution in [-0.4, -0.2) is 55.3 Å². The molecule has 2 fully saturated rings. The largest absolute Gasteiger partial charge is 0.384 e. The molecule has 0 spiro atoms. The van der Waals surface area contributed by atoms with E-state index in [2.05, 4.69) is 9.97 Å². The number of hydrogen-bond donors (Lipinski definition) is 1. The highest BCUT2D eigenvalue weighted by Gasteiger charge is 2.45. The minimum absolute atomic E-state index is 0.111. The maximum atomic E-state index is 12.6. The van der Waals surface area contributed by atoms with Gasteiger partial charge in [-0.2, -0.15) is 0 Å². The first-order valence-corrected chi connectivity index (χ1v) is 9.10. The molecule has 2 heterocycles. The van der Waals surface area contributed by atoms with Gasteiger partial charge in [0.05, 0.1) is 18.1 Å². The summed E-state index contributed by atoms with van der Waals surface area (Å²) in [4.78, 5) is 8.03. The molecule has 1 saturated heterocycles. The van der Waals surface area contributed by atoms with Crippen molar-refractivity contribution in [1.29, 1.82) is 0 Å². The molecule has 0 atom stereocenters. The van der Waals surface area contributed by atoms with Gasteiger partial charge in [-0.25, -0.2) is 22.7 Å². The Kier molecular flexibility index (Phi) is 4.09. The van der Waals surface area contributed by atoms with Gasteiger partial charge in [0.2, 0.25) is 16.0 Å². The first-order valence-electron chi connectivity index (χ1n) is 7.49. The van der Waals surface area contributed by atoms with Crippen LogP contribution in [0.1, 0.15) is 30.9 Å². The molecule has 3 rings (SSSR count). The summed E-state index contributed by atoms with van der Waals surface area (Å²) in [5.74, 6) is 0.527. The predicted molar refractivity (Wildman–Crippen MR) is 82.7 cm³/mol. The van der Waals surface area contributed by atoms with Gasteiger partial charge in [0.1, 0.15) is 0 Å². The number of nitrogens with zero attached hydrogens (tertiary/aromatic N) is 3. The molecule has 0 unspecified atom stereocenters. The summed E-state index contributed by atoms with van der Waals surface area (Å²) in [6.45, 7) is 1.47. The van der Waals surface area contributed by atoms with Crippen LogP contribution in [0, 0.1) is 5.41 Å². The fourth-order valence-electron chi connectivity index (χ4n) is 3.26. The smallest absolute Gasteiger partial charge is 0.220 e. The van der Waals surface area contributed by atoms with Gasteiger partial charge >= 0.3 is 0 Å². The van der Waals surface area contributed by atoms with Gasteiger partial charge in [0, 0.05) is 37.7 Å². The zero-order valence-electron chi connectivity index (χ0n) is 12.7. The molecule has 1 aliphatic carbocycles. The Labute approximate surface area is 130 Å². The molecule has 122 valence electrons. The molecule has 0 bridgehead atoms. The molecule has 1 saturated carbocycles. The summed E-state index contributed by atoms with van der Waals surface area (Å²) < 4.78 is 31.9. The second kappa shape index (κ2) is 5.75. The van der Waals surface area contributed by atoms with E-state index < -0.39 is 10.0 Å². The molecule has 1 aromatic heterocycles. The van der Waals surface area contributed by atoms with Gasteiger partial charge in [-0.15, -0.1) is 0 Å². The van der Waals surface area contributed by atoms with Crippen molar-refractivity contribution in [3.63, 3.8) is 0 Å². The Hall–Kier alpha value is -1.25. The van der Waals surface area contributed by atoms with Crippen molar-refractivity contribution in [2.24, 2.45) is 5.41 Å². The average Bonchev–Trinajstić information content (AvgIpc) is 2.34. The van der Waals surface area contributed by atoms with E-state index in [1.807, 2.05) is 0 Å². The number of rotatable bonds is 6. The predicted octanol–water partition coefficient (Wildman–Crippen LogP) is 0.604. The molecule has 0 aromatic carbocycles. The molecule has 1 aromatic rings. The summed E-state index contributed by atoms with van der Waals surface area (Å²) in [7, 11) is -1.61. The van der Waals surface area contributed by atoms with Crippen molar-refractivity contribution in [3.8, 4) is 0 Å². The summed E-state index contributed by atoms with van der Waals surface area (Å²) >= 11 is 0. The second-order valence-corrected chi connectivity index (χ2v) is 8.37. The molecule has 2 N–H and O–H groups in total. The topological polar surface area (TPSA) is 98.4 Å². The van der Waals surface area contributed by atoms with Crippen molar-refractivity contribution in [2.45, 2.75) is 25.2 Å². The number of aromatic nitrogens is 2. The highest BCUT2D eigenvalue weighted by molar-refractivity contribution is 7.89. The van der Waals surface area contributed by atoms with E-state index in [1.54, 1.807) is 23.7 Å². The van der Waals surface area contributed by atoms with Crippen LogP contribution in [-0.2, 0) is 14.8 Å². The standard InChI is InChI=1S/C14H22N4O3S/c1-21-9-14(4-2-5-14)10-22(19,20)18-7-11(8-18)12-3-6-16-13(15)17-12/h3,6,11H,2,4-5,7-10H2,1H3,(H2,15,16,17). The van der Waals surface area contributed by atoms with Gasteiger partial charge in [-0.1, -0.05) is 6.42 Å². The molecule has 1 aliphatic heterocycles. The van der Waals surface area contributed by atoms with Gasteiger partial charge in [0.15, 0.2) is 0 Å². The first-order chi connectivity index (χ1) is 10.4. The summed E-state index contributed by atoms with van der Waals surface area (Å²) in [5.41, 5.74) is 6.20. The van der Waals surface area contributed by atoms with E-state index in [9.17, 15) is 8.42 Å². The normalized spacial score (nSPS) is 22.0. The van der Waals surface area contributed by atoms with Gasteiger partial charge in [0.25, 0.3) is 0 Å². The SMILES string of the molecule is COCC1(CS(=O)(=O)N2CC(c3ccnc(N)n3)C2)CCC1. The van der Waals surface area contributed by atoms with Crippen molar-refractivity contribution < 1.29 is 13.2 Å². The maximum absolute atomic E-state index is 12.6. The highest BCUT2D eigenvalue weighted by atomic mass is 32.2. The van der Waals surface area contributed by atoms with Gasteiger partial charge in [-0.05, 0) is 18.9 Å². The van der Waals surface area contributed by atoms with Crippen LogP contribution in [0.2, 0.25) is 0 Å². The monoisotopic (exact) mass is 326 g/mol. The van der Waals surface area contributed by atoms with Crippen molar-refractivity contribution in [2.75, 3.05) is 38.3 Å². The Morgan fingerprint density at radius 2 is 2.18 bits per heavy atom. The molecule has 0 amide bonds. The lowest BCUT2D eigenvalue weighted by atomic mass is 9.71. The lowest BCUT2D eigenvalue weighted by Crippen LogP contribution is -2.53. The second-order valence-electron chi connectivity index (χ2n) is 6.40. The molecule has 8 heteroatoms. The number of anilines is 1. The van der Waals surface area contributed by atoms with E-state index in [1.165, 1.54) is 0 Å². The van der Waals surface area contributed by atoms with E-state index in [0.29, 0.717) is 19.7 Å². The zero-order chi connectivity index (χ0) is 15.8. The minimum Gasteiger partial charge on any atom is -0.384 e. The van der Waals surface area contributed by atoms with Crippen LogP contribution in [0.25, 0.3) is 0 Å². The Morgan fingerprint density at radius 1 is 1.45 bits per heavy atom. The Bertz CT molecular complexity index is 639. The number of nitrogen functional groups attached to an aromatic ring is 1. The third kappa shape index (κ3) is 2.95. The fraction of sp³-hybridized carbons (Fsp3) is 0.714. The van der Waals surface area contributed by atoms with Crippen LogP contribution >= 0.6 is 0 Å². The number of ether oxygens (including phenoxy) is 1.